The molecule has 0 unspecified atom stereocenters. The summed E-state index contributed by atoms with van der Waals surface area (Å²) in [5.74, 6) is 1.30. The van der Waals surface area contributed by atoms with Gasteiger partial charge in [0, 0.05) is 6.54 Å². The molecule has 0 spiro atoms. The lowest BCUT2D eigenvalue weighted by molar-refractivity contribution is -0.896. The Kier molecular flexibility index (Phi) is 6.49. The topological polar surface area (TPSA) is 72.3 Å². The molecule has 1 saturated heterocycles. The summed E-state index contributed by atoms with van der Waals surface area (Å²) in [6.45, 7) is 4.05. The van der Waals surface area contributed by atoms with E-state index in [1.165, 1.54) is 10.5 Å². The van der Waals surface area contributed by atoms with Gasteiger partial charge in [-0.15, -0.1) is 0 Å². The first-order chi connectivity index (χ1) is 14.7. The Bertz CT molecular complexity index is 866. The van der Waals surface area contributed by atoms with E-state index >= 15 is 0 Å². The third-order valence-corrected chi connectivity index (χ3v) is 5.56. The first-order valence-corrected chi connectivity index (χ1v) is 10.5. The molecule has 0 aliphatic carbocycles. The fourth-order valence-electron chi connectivity index (χ4n) is 3.85. The third kappa shape index (κ3) is 5.10. The SMILES string of the molecule is O=C(C[NH+]1CCN(C(=O)[C@H]2COc3ccccc3O2)CC1)NCCc1ccccc1. The normalized spacial score (nSPS) is 18.7. The number of hydrogen-bond donors (Lipinski definition) is 2. The smallest absolute Gasteiger partial charge is 0.275 e. The van der Waals surface area contributed by atoms with Crippen LogP contribution in [-0.2, 0) is 16.0 Å². The summed E-state index contributed by atoms with van der Waals surface area (Å²) >= 11 is 0. The van der Waals surface area contributed by atoms with Crippen LogP contribution in [0, 0.1) is 0 Å². The molecule has 0 saturated carbocycles. The molecule has 2 aromatic rings. The molecule has 0 bridgehead atoms. The van der Waals surface area contributed by atoms with Gasteiger partial charge in [-0.25, -0.2) is 0 Å². The van der Waals surface area contributed by atoms with E-state index in [1.54, 1.807) is 0 Å². The minimum atomic E-state index is -0.609. The van der Waals surface area contributed by atoms with Crippen molar-refractivity contribution in [3.63, 3.8) is 0 Å². The first kappa shape index (κ1) is 20.2. The van der Waals surface area contributed by atoms with Crippen molar-refractivity contribution in [3.8, 4) is 11.5 Å². The summed E-state index contributed by atoms with van der Waals surface area (Å²) in [5, 5.41) is 3.00. The molecule has 2 N–H and O–H groups in total. The van der Waals surface area contributed by atoms with Crippen molar-refractivity contribution in [2.45, 2.75) is 12.5 Å². The number of nitrogens with zero attached hydrogens (tertiary/aromatic N) is 1. The molecule has 2 aromatic carbocycles. The number of para-hydroxylation sites is 2. The average Bonchev–Trinajstić information content (AvgIpc) is 2.79. The van der Waals surface area contributed by atoms with Crippen molar-refractivity contribution < 1.29 is 24.0 Å². The highest BCUT2D eigenvalue weighted by molar-refractivity contribution is 5.82. The van der Waals surface area contributed by atoms with Crippen LogP contribution in [-0.4, -0.2) is 68.7 Å². The molecule has 7 heteroatoms. The van der Waals surface area contributed by atoms with E-state index in [2.05, 4.69) is 17.4 Å². The summed E-state index contributed by atoms with van der Waals surface area (Å²) in [6.07, 6.45) is 0.222. The van der Waals surface area contributed by atoms with Crippen LogP contribution in [0.1, 0.15) is 5.56 Å². The van der Waals surface area contributed by atoms with Crippen molar-refractivity contribution in [3.05, 3.63) is 60.2 Å². The van der Waals surface area contributed by atoms with E-state index in [4.69, 9.17) is 9.47 Å². The number of quaternary nitrogens is 1. The Morgan fingerprint density at radius 3 is 2.47 bits per heavy atom. The van der Waals surface area contributed by atoms with Gasteiger partial charge in [-0.3, -0.25) is 9.59 Å². The molecular formula is C23H28N3O4+. The Morgan fingerprint density at radius 1 is 1.00 bits per heavy atom. The van der Waals surface area contributed by atoms with E-state index < -0.39 is 6.10 Å². The third-order valence-electron chi connectivity index (χ3n) is 5.56. The van der Waals surface area contributed by atoms with Crippen LogP contribution in [0.4, 0.5) is 0 Å². The first-order valence-electron chi connectivity index (χ1n) is 10.5. The molecule has 1 atom stereocenters. The predicted molar refractivity (Wildman–Crippen MR) is 112 cm³/mol. The monoisotopic (exact) mass is 410 g/mol. The maximum atomic E-state index is 12.8. The lowest BCUT2D eigenvalue weighted by atomic mass is 10.1. The van der Waals surface area contributed by atoms with E-state index in [1.807, 2.05) is 47.4 Å². The summed E-state index contributed by atoms with van der Waals surface area (Å²) in [4.78, 5) is 28.0. The molecule has 2 amide bonds. The average molecular weight is 410 g/mol. The molecule has 2 heterocycles. The molecule has 0 radical (unpaired) electrons. The second kappa shape index (κ2) is 9.63. The molecule has 4 rings (SSSR count). The highest BCUT2D eigenvalue weighted by atomic mass is 16.6. The zero-order valence-electron chi connectivity index (χ0n) is 17.0. The van der Waals surface area contributed by atoms with E-state index in [0.717, 1.165) is 19.5 Å². The number of benzene rings is 2. The largest absolute Gasteiger partial charge is 0.485 e. The summed E-state index contributed by atoms with van der Waals surface area (Å²) in [5.41, 5.74) is 1.22. The van der Waals surface area contributed by atoms with Gasteiger partial charge in [0.1, 0.15) is 6.61 Å². The number of rotatable bonds is 6. The Hall–Kier alpha value is -3.06. The lowest BCUT2D eigenvalue weighted by Gasteiger charge is -2.35. The molecular weight excluding hydrogens is 382 g/mol. The number of hydrogen-bond acceptors (Lipinski definition) is 4. The van der Waals surface area contributed by atoms with Gasteiger partial charge in [-0.05, 0) is 24.1 Å². The van der Waals surface area contributed by atoms with Crippen LogP contribution in [0.3, 0.4) is 0 Å². The number of nitrogens with one attached hydrogen (secondary N) is 2. The van der Waals surface area contributed by atoms with Gasteiger partial charge in [0.05, 0.1) is 26.2 Å². The van der Waals surface area contributed by atoms with E-state index in [-0.39, 0.29) is 18.4 Å². The summed E-state index contributed by atoms with van der Waals surface area (Å²) < 4.78 is 11.5. The van der Waals surface area contributed by atoms with Gasteiger partial charge in [0.2, 0.25) is 6.10 Å². The minimum Gasteiger partial charge on any atom is -0.485 e. The maximum Gasteiger partial charge on any atom is 0.275 e. The number of piperazine rings is 1. The second-order valence-corrected chi connectivity index (χ2v) is 7.70. The number of fused-ring (bicyclic) bond motifs is 1. The van der Waals surface area contributed by atoms with E-state index in [9.17, 15) is 9.59 Å². The molecule has 30 heavy (non-hydrogen) atoms. The molecule has 2 aliphatic rings. The molecule has 2 aliphatic heterocycles. The fourth-order valence-corrected chi connectivity index (χ4v) is 3.85. The van der Waals surface area contributed by atoms with Gasteiger partial charge in [-0.1, -0.05) is 42.5 Å². The lowest BCUT2D eigenvalue weighted by Crippen LogP contribution is -3.16. The quantitative estimate of drug-likeness (QED) is 0.699. The van der Waals surface area contributed by atoms with Crippen molar-refractivity contribution in [2.24, 2.45) is 0 Å². The number of ether oxygens (including phenoxy) is 2. The van der Waals surface area contributed by atoms with Crippen LogP contribution in [0.2, 0.25) is 0 Å². The zero-order chi connectivity index (χ0) is 20.8. The van der Waals surface area contributed by atoms with Gasteiger partial charge >= 0.3 is 0 Å². The summed E-state index contributed by atoms with van der Waals surface area (Å²) in [7, 11) is 0. The number of amides is 2. The Balaban J connectivity index is 1.17. The number of carbonyl (C=O) groups is 2. The van der Waals surface area contributed by atoms with Crippen molar-refractivity contribution in [1.29, 1.82) is 0 Å². The Morgan fingerprint density at radius 2 is 1.70 bits per heavy atom. The molecule has 1 fully saturated rings. The summed E-state index contributed by atoms with van der Waals surface area (Å²) in [6, 6.07) is 17.5. The predicted octanol–water partition coefficient (Wildman–Crippen LogP) is -0.0876. The highest BCUT2D eigenvalue weighted by Gasteiger charge is 2.33. The van der Waals surface area contributed by atoms with Crippen LogP contribution in [0.5, 0.6) is 11.5 Å². The van der Waals surface area contributed by atoms with Gasteiger partial charge in [0.15, 0.2) is 18.0 Å². The van der Waals surface area contributed by atoms with Crippen molar-refractivity contribution in [1.82, 2.24) is 10.2 Å². The minimum absolute atomic E-state index is 0.0455. The zero-order valence-corrected chi connectivity index (χ0v) is 17.0. The van der Waals surface area contributed by atoms with Crippen molar-refractivity contribution >= 4 is 11.8 Å². The maximum absolute atomic E-state index is 12.8. The molecule has 158 valence electrons. The molecule has 7 nitrogen and oxygen atoms in total. The molecule has 0 aromatic heterocycles. The number of carbonyl (C=O) groups excluding carboxylic acids is 2. The van der Waals surface area contributed by atoms with Crippen LogP contribution in [0.25, 0.3) is 0 Å². The second-order valence-electron chi connectivity index (χ2n) is 7.70. The van der Waals surface area contributed by atoms with E-state index in [0.29, 0.717) is 37.7 Å². The van der Waals surface area contributed by atoms with Crippen LogP contribution >= 0.6 is 0 Å². The van der Waals surface area contributed by atoms with Crippen LogP contribution in [0.15, 0.2) is 54.6 Å². The highest BCUT2D eigenvalue weighted by Crippen LogP contribution is 2.31. The van der Waals surface area contributed by atoms with Crippen LogP contribution < -0.4 is 19.7 Å². The van der Waals surface area contributed by atoms with Crippen molar-refractivity contribution in [2.75, 3.05) is 45.9 Å². The fraction of sp³-hybridized carbons (Fsp3) is 0.391. The standard InChI is InChI=1S/C23H27N3O4/c27-22(24-11-10-18-6-2-1-3-7-18)16-25-12-14-26(15-13-25)23(28)21-17-29-19-8-4-5-9-20(19)30-21/h1-9,21H,10-17H2,(H,24,27)/p+1/t21-/m1/s1. The van der Waals surface area contributed by atoms with Gasteiger partial charge in [-0.2, -0.15) is 0 Å². The van der Waals surface area contributed by atoms with Gasteiger partial charge < -0.3 is 24.6 Å². The Labute approximate surface area is 176 Å². The van der Waals surface area contributed by atoms with Gasteiger partial charge in [0.25, 0.3) is 11.8 Å².